The predicted octanol–water partition coefficient (Wildman–Crippen LogP) is 0.254. The Morgan fingerprint density at radius 3 is 2.96 bits per heavy atom. The molecule has 23 heavy (non-hydrogen) atoms. The molecule has 0 bridgehead atoms. The van der Waals surface area contributed by atoms with Crippen molar-refractivity contribution in [3.05, 3.63) is 46.5 Å². The number of likely N-dealkylation sites (tertiary alicyclic amines) is 1. The quantitative estimate of drug-likeness (QED) is 0.806. The Labute approximate surface area is 132 Å². The third-order valence-electron chi connectivity index (χ3n) is 3.68. The first kappa shape index (κ1) is 15.1. The molecule has 2 aromatic heterocycles. The maximum Gasteiger partial charge on any atom is 0.274 e. The molecule has 0 radical (unpaired) electrons. The minimum Gasteiger partial charge on any atom is -0.471 e. The Bertz CT molecular complexity index is 746. The summed E-state index contributed by atoms with van der Waals surface area (Å²) >= 11 is 0. The van der Waals surface area contributed by atoms with Crippen LogP contribution in [-0.4, -0.2) is 50.0 Å². The van der Waals surface area contributed by atoms with E-state index < -0.39 is 0 Å². The van der Waals surface area contributed by atoms with Crippen molar-refractivity contribution in [3.8, 4) is 5.88 Å². The lowest BCUT2D eigenvalue weighted by atomic mass is 10.1. The van der Waals surface area contributed by atoms with Crippen LogP contribution in [0.25, 0.3) is 0 Å². The molecular weight excluding hydrogens is 298 g/mol. The summed E-state index contributed by atoms with van der Waals surface area (Å²) < 4.78 is 6.93. The summed E-state index contributed by atoms with van der Waals surface area (Å²) in [6.45, 7) is 1.10. The SMILES string of the molecule is Cn1nc(C(=O)N2CCC[C@@H](Oc3cccnn3)C2)ccc1=O. The summed E-state index contributed by atoms with van der Waals surface area (Å²) in [7, 11) is 1.52. The molecule has 1 saturated heterocycles. The zero-order valence-corrected chi connectivity index (χ0v) is 12.8. The maximum atomic E-state index is 12.5. The van der Waals surface area contributed by atoms with Crippen LogP contribution < -0.4 is 10.3 Å². The van der Waals surface area contributed by atoms with Crippen LogP contribution in [0.15, 0.2) is 35.3 Å². The third kappa shape index (κ3) is 3.53. The van der Waals surface area contributed by atoms with Crippen molar-refractivity contribution in [2.45, 2.75) is 18.9 Å². The maximum absolute atomic E-state index is 12.5. The van der Waals surface area contributed by atoms with Gasteiger partial charge in [0, 0.05) is 31.9 Å². The van der Waals surface area contributed by atoms with Crippen LogP contribution in [0.1, 0.15) is 23.3 Å². The second-order valence-electron chi connectivity index (χ2n) is 5.38. The molecule has 8 heteroatoms. The third-order valence-corrected chi connectivity index (χ3v) is 3.68. The summed E-state index contributed by atoms with van der Waals surface area (Å²) in [6, 6.07) is 6.29. The van der Waals surface area contributed by atoms with E-state index in [9.17, 15) is 9.59 Å². The van der Waals surface area contributed by atoms with Crippen molar-refractivity contribution in [2.24, 2.45) is 7.05 Å². The fraction of sp³-hybridized carbons (Fsp3) is 0.400. The highest BCUT2D eigenvalue weighted by Crippen LogP contribution is 2.17. The van der Waals surface area contributed by atoms with E-state index in [0.717, 1.165) is 17.5 Å². The highest BCUT2D eigenvalue weighted by atomic mass is 16.5. The van der Waals surface area contributed by atoms with E-state index in [4.69, 9.17) is 4.74 Å². The number of aryl methyl sites for hydroxylation is 1. The molecule has 0 unspecified atom stereocenters. The van der Waals surface area contributed by atoms with Gasteiger partial charge < -0.3 is 9.64 Å². The summed E-state index contributed by atoms with van der Waals surface area (Å²) in [5.74, 6) is 0.250. The van der Waals surface area contributed by atoms with Crippen LogP contribution in [0.4, 0.5) is 0 Å². The minimum atomic E-state index is -0.246. The van der Waals surface area contributed by atoms with Crippen LogP contribution >= 0.6 is 0 Å². The van der Waals surface area contributed by atoms with E-state index in [1.54, 1.807) is 23.2 Å². The van der Waals surface area contributed by atoms with Crippen LogP contribution in [0.5, 0.6) is 5.88 Å². The van der Waals surface area contributed by atoms with Gasteiger partial charge in [0.15, 0.2) is 0 Å². The molecule has 8 nitrogen and oxygen atoms in total. The molecule has 120 valence electrons. The van der Waals surface area contributed by atoms with Crippen molar-refractivity contribution < 1.29 is 9.53 Å². The van der Waals surface area contributed by atoms with Gasteiger partial charge >= 0.3 is 0 Å². The van der Waals surface area contributed by atoms with E-state index in [-0.39, 0.29) is 23.3 Å². The largest absolute Gasteiger partial charge is 0.471 e. The highest BCUT2D eigenvalue weighted by molar-refractivity contribution is 5.92. The van der Waals surface area contributed by atoms with E-state index in [0.29, 0.717) is 19.0 Å². The van der Waals surface area contributed by atoms with Crippen molar-refractivity contribution in [2.75, 3.05) is 13.1 Å². The lowest BCUT2D eigenvalue weighted by molar-refractivity contribution is 0.0518. The Hall–Kier alpha value is -2.77. The van der Waals surface area contributed by atoms with Gasteiger partial charge in [0.2, 0.25) is 5.88 Å². The number of ether oxygens (including phenoxy) is 1. The minimum absolute atomic E-state index is 0.128. The summed E-state index contributed by atoms with van der Waals surface area (Å²) in [5.41, 5.74) is 0.0105. The van der Waals surface area contributed by atoms with E-state index >= 15 is 0 Å². The first-order valence-corrected chi connectivity index (χ1v) is 7.41. The molecule has 1 fully saturated rings. The van der Waals surface area contributed by atoms with Gasteiger partial charge in [-0.3, -0.25) is 9.59 Å². The number of carbonyl (C=O) groups excluding carboxylic acids is 1. The Balaban J connectivity index is 1.69. The average Bonchev–Trinajstić information content (AvgIpc) is 2.58. The van der Waals surface area contributed by atoms with E-state index in [1.807, 2.05) is 0 Å². The van der Waals surface area contributed by atoms with Crippen molar-refractivity contribution >= 4 is 5.91 Å². The molecule has 0 saturated carbocycles. The molecule has 0 aliphatic carbocycles. The Morgan fingerprint density at radius 1 is 1.35 bits per heavy atom. The molecule has 0 aromatic carbocycles. The van der Waals surface area contributed by atoms with Gasteiger partial charge in [0.25, 0.3) is 11.5 Å². The fourth-order valence-electron chi connectivity index (χ4n) is 2.52. The number of rotatable bonds is 3. The number of piperidine rings is 1. The molecule has 1 aliphatic rings. The predicted molar refractivity (Wildman–Crippen MR) is 81.1 cm³/mol. The van der Waals surface area contributed by atoms with Gasteiger partial charge in [0.1, 0.15) is 11.8 Å². The Kier molecular flexibility index (Phi) is 4.31. The van der Waals surface area contributed by atoms with Gasteiger partial charge in [-0.1, -0.05) is 0 Å². The zero-order valence-electron chi connectivity index (χ0n) is 12.8. The fourth-order valence-corrected chi connectivity index (χ4v) is 2.52. The molecule has 0 spiro atoms. The number of amides is 1. The van der Waals surface area contributed by atoms with Gasteiger partial charge in [-0.05, 0) is 25.0 Å². The second kappa shape index (κ2) is 6.55. The Morgan fingerprint density at radius 2 is 2.22 bits per heavy atom. The number of hydrogen-bond acceptors (Lipinski definition) is 6. The van der Waals surface area contributed by atoms with Crippen LogP contribution in [0, 0.1) is 0 Å². The average molecular weight is 315 g/mol. The molecule has 1 atom stereocenters. The summed E-state index contributed by atoms with van der Waals surface area (Å²) in [4.78, 5) is 25.6. The molecular formula is C15H17N5O3. The lowest BCUT2D eigenvalue weighted by Gasteiger charge is -2.32. The number of nitrogens with zero attached hydrogens (tertiary/aromatic N) is 5. The number of carbonyl (C=O) groups is 1. The first-order chi connectivity index (χ1) is 11.1. The molecule has 0 N–H and O–H groups in total. The lowest BCUT2D eigenvalue weighted by Crippen LogP contribution is -2.45. The zero-order chi connectivity index (χ0) is 16.2. The van der Waals surface area contributed by atoms with Gasteiger partial charge in [-0.2, -0.15) is 10.2 Å². The van der Waals surface area contributed by atoms with Crippen LogP contribution in [0.2, 0.25) is 0 Å². The second-order valence-corrected chi connectivity index (χ2v) is 5.38. The van der Waals surface area contributed by atoms with Crippen molar-refractivity contribution in [3.63, 3.8) is 0 Å². The highest BCUT2D eigenvalue weighted by Gasteiger charge is 2.27. The molecule has 2 aromatic rings. The summed E-state index contributed by atoms with van der Waals surface area (Å²) in [5, 5.41) is 11.7. The monoisotopic (exact) mass is 315 g/mol. The molecule has 1 amide bonds. The van der Waals surface area contributed by atoms with E-state index in [2.05, 4.69) is 15.3 Å². The number of aromatic nitrogens is 4. The van der Waals surface area contributed by atoms with Crippen molar-refractivity contribution in [1.29, 1.82) is 0 Å². The van der Waals surface area contributed by atoms with Gasteiger partial charge in [-0.25, -0.2) is 4.68 Å². The van der Waals surface area contributed by atoms with Crippen LogP contribution in [-0.2, 0) is 7.05 Å². The smallest absolute Gasteiger partial charge is 0.274 e. The van der Waals surface area contributed by atoms with Gasteiger partial charge in [-0.15, -0.1) is 5.10 Å². The normalized spacial score (nSPS) is 17.8. The van der Waals surface area contributed by atoms with Crippen molar-refractivity contribution in [1.82, 2.24) is 24.9 Å². The first-order valence-electron chi connectivity index (χ1n) is 7.41. The van der Waals surface area contributed by atoms with Gasteiger partial charge in [0.05, 0.1) is 6.54 Å². The topological polar surface area (TPSA) is 90.2 Å². The standard InChI is InChI=1S/C15H17N5O3/c1-19-14(21)7-6-12(18-19)15(22)20-9-3-4-11(10-20)23-13-5-2-8-16-17-13/h2,5-8,11H,3-4,9-10H2,1H3/t11-/m1/s1. The van der Waals surface area contributed by atoms with E-state index in [1.165, 1.54) is 19.2 Å². The van der Waals surface area contributed by atoms with Crippen LogP contribution in [0.3, 0.4) is 0 Å². The molecule has 3 rings (SSSR count). The summed E-state index contributed by atoms with van der Waals surface area (Å²) in [6.07, 6.45) is 3.13. The number of hydrogen-bond donors (Lipinski definition) is 0. The molecule has 1 aliphatic heterocycles. The molecule has 3 heterocycles.